The maximum atomic E-state index is 12.3. The van der Waals surface area contributed by atoms with E-state index >= 15 is 0 Å². The first-order valence-corrected chi connectivity index (χ1v) is 8.24. The molecule has 0 unspecified atom stereocenters. The van der Waals surface area contributed by atoms with Crippen molar-refractivity contribution in [3.05, 3.63) is 53.7 Å². The summed E-state index contributed by atoms with van der Waals surface area (Å²) in [4.78, 5) is 30.6. The van der Waals surface area contributed by atoms with Crippen LogP contribution in [-0.2, 0) is 4.79 Å². The lowest BCUT2D eigenvalue weighted by Gasteiger charge is -2.15. The third-order valence-electron chi connectivity index (χ3n) is 4.26. The number of nitrogens with one attached hydrogen (secondary N) is 1. The molecule has 124 valence electrons. The van der Waals surface area contributed by atoms with Gasteiger partial charge in [-0.15, -0.1) is 0 Å². The molecule has 0 spiro atoms. The molecule has 1 aliphatic heterocycles. The van der Waals surface area contributed by atoms with Crippen LogP contribution in [0.5, 0.6) is 0 Å². The molecule has 1 N–H and O–H groups in total. The van der Waals surface area contributed by atoms with Gasteiger partial charge in [0.2, 0.25) is 5.91 Å². The first kappa shape index (κ1) is 16.2. The van der Waals surface area contributed by atoms with Crippen molar-refractivity contribution >= 4 is 11.8 Å². The van der Waals surface area contributed by atoms with Gasteiger partial charge in [0, 0.05) is 18.7 Å². The number of carbonyl (C=O) groups is 2. The summed E-state index contributed by atoms with van der Waals surface area (Å²) in [5.41, 5.74) is 3.00. The predicted octanol–water partition coefficient (Wildman–Crippen LogP) is 2.41. The van der Waals surface area contributed by atoms with Gasteiger partial charge in [0.25, 0.3) is 5.91 Å². The molecule has 0 aliphatic carbocycles. The lowest BCUT2D eigenvalue weighted by molar-refractivity contribution is -0.129. The molecular weight excluding hydrogens is 302 g/mol. The Morgan fingerprint density at radius 3 is 2.46 bits per heavy atom. The SMILES string of the molecule is Cc1nc(-c2ccccc2)ccc1C(=O)NCC(=O)N1CCCC1. The standard InChI is InChI=1S/C19H21N3O2/c1-14-16(9-10-17(21-14)15-7-3-2-4-8-15)19(24)20-13-18(23)22-11-5-6-12-22/h2-4,7-10H,5-6,11-13H2,1H3,(H,20,24). The minimum Gasteiger partial charge on any atom is -0.343 e. The first-order valence-electron chi connectivity index (χ1n) is 8.24. The second-order valence-corrected chi connectivity index (χ2v) is 5.97. The smallest absolute Gasteiger partial charge is 0.253 e. The van der Waals surface area contributed by atoms with Crippen LogP contribution in [0.4, 0.5) is 0 Å². The number of rotatable bonds is 4. The fraction of sp³-hybridized carbons (Fsp3) is 0.316. The van der Waals surface area contributed by atoms with Crippen LogP contribution in [0.3, 0.4) is 0 Å². The van der Waals surface area contributed by atoms with E-state index in [0.717, 1.165) is 37.2 Å². The minimum atomic E-state index is -0.257. The molecule has 24 heavy (non-hydrogen) atoms. The Labute approximate surface area is 141 Å². The molecule has 2 aromatic rings. The average Bonchev–Trinajstić information content (AvgIpc) is 3.15. The molecule has 5 nitrogen and oxygen atoms in total. The molecule has 1 saturated heterocycles. The molecule has 3 rings (SSSR count). The summed E-state index contributed by atoms with van der Waals surface area (Å²) < 4.78 is 0. The topological polar surface area (TPSA) is 62.3 Å². The number of hydrogen-bond donors (Lipinski definition) is 1. The van der Waals surface area contributed by atoms with Crippen molar-refractivity contribution in [1.29, 1.82) is 0 Å². The van der Waals surface area contributed by atoms with Crippen LogP contribution in [-0.4, -0.2) is 41.3 Å². The van der Waals surface area contributed by atoms with Crippen molar-refractivity contribution < 1.29 is 9.59 Å². The third-order valence-corrected chi connectivity index (χ3v) is 4.26. The maximum Gasteiger partial charge on any atom is 0.253 e. The van der Waals surface area contributed by atoms with Gasteiger partial charge in [0.05, 0.1) is 23.5 Å². The highest BCUT2D eigenvalue weighted by atomic mass is 16.2. The van der Waals surface area contributed by atoms with Crippen LogP contribution in [0.1, 0.15) is 28.9 Å². The molecule has 5 heteroatoms. The normalized spacial score (nSPS) is 13.8. The number of pyridine rings is 1. The molecular formula is C19H21N3O2. The molecule has 2 heterocycles. The zero-order valence-electron chi connectivity index (χ0n) is 13.8. The van der Waals surface area contributed by atoms with Gasteiger partial charge < -0.3 is 10.2 Å². The van der Waals surface area contributed by atoms with Gasteiger partial charge in [-0.3, -0.25) is 14.6 Å². The summed E-state index contributed by atoms with van der Waals surface area (Å²) in [7, 11) is 0. The fourth-order valence-corrected chi connectivity index (χ4v) is 2.90. The van der Waals surface area contributed by atoms with Gasteiger partial charge in [-0.2, -0.15) is 0 Å². The number of likely N-dealkylation sites (tertiary alicyclic amines) is 1. The van der Waals surface area contributed by atoms with Crippen molar-refractivity contribution in [3.63, 3.8) is 0 Å². The van der Waals surface area contributed by atoms with Crippen molar-refractivity contribution in [2.75, 3.05) is 19.6 Å². The van der Waals surface area contributed by atoms with Gasteiger partial charge in [-0.05, 0) is 31.9 Å². The van der Waals surface area contributed by atoms with Gasteiger partial charge >= 0.3 is 0 Å². The van der Waals surface area contributed by atoms with Crippen LogP contribution in [0.2, 0.25) is 0 Å². The van der Waals surface area contributed by atoms with Crippen LogP contribution in [0.15, 0.2) is 42.5 Å². The van der Waals surface area contributed by atoms with Crippen LogP contribution >= 0.6 is 0 Å². The summed E-state index contributed by atoms with van der Waals surface area (Å²) in [5, 5.41) is 2.71. The third kappa shape index (κ3) is 3.62. The van der Waals surface area contributed by atoms with Gasteiger partial charge in [0.15, 0.2) is 0 Å². The number of benzene rings is 1. The number of nitrogens with zero attached hydrogens (tertiary/aromatic N) is 2. The number of carbonyl (C=O) groups excluding carboxylic acids is 2. The Kier molecular flexibility index (Phi) is 4.89. The lowest BCUT2D eigenvalue weighted by Crippen LogP contribution is -2.38. The predicted molar refractivity (Wildman–Crippen MR) is 92.6 cm³/mol. The van der Waals surface area contributed by atoms with E-state index in [0.29, 0.717) is 11.3 Å². The Bertz CT molecular complexity index is 738. The summed E-state index contributed by atoms with van der Waals surface area (Å²) in [6.45, 7) is 3.43. The quantitative estimate of drug-likeness (QED) is 0.940. The highest BCUT2D eigenvalue weighted by molar-refractivity contribution is 5.97. The largest absolute Gasteiger partial charge is 0.343 e. The molecule has 1 aromatic carbocycles. The molecule has 1 aromatic heterocycles. The molecule has 0 atom stereocenters. The van der Waals surface area contributed by atoms with E-state index in [2.05, 4.69) is 10.3 Å². The number of hydrogen-bond acceptors (Lipinski definition) is 3. The first-order chi connectivity index (χ1) is 11.6. The van der Waals surface area contributed by atoms with E-state index in [4.69, 9.17) is 0 Å². The monoisotopic (exact) mass is 323 g/mol. The summed E-state index contributed by atoms with van der Waals surface area (Å²) in [6, 6.07) is 13.4. The Morgan fingerprint density at radius 1 is 1.08 bits per heavy atom. The second-order valence-electron chi connectivity index (χ2n) is 5.97. The Morgan fingerprint density at radius 2 is 1.79 bits per heavy atom. The van der Waals surface area contributed by atoms with Crippen LogP contribution in [0.25, 0.3) is 11.3 Å². The Hall–Kier alpha value is -2.69. The minimum absolute atomic E-state index is 0.0210. The zero-order chi connectivity index (χ0) is 16.9. The molecule has 2 amide bonds. The van der Waals surface area contributed by atoms with E-state index in [1.54, 1.807) is 11.0 Å². The zero-order valence-corrected chi connectivity index (χ0v) is 13.8. The number of aromatic nitrogens is 1. The van der Waals surface area contributed by atoms with E-state index in [9.17, 15) is 9.59 Å². The molecule has 1 aliphatic rings. The van der Waals surface area contributed by atoms with E-state index < -0.39 is 0 Å². The Balaban J connectivity index is 1.65. The molecule has 0 radical (unpaired) electrons. The van der Waals surface area contributed by atoms with Crippen molar-refractivity contribution in [2.24, 2.45) is 0 Å². The molecule has 0 bridgehead atoms. The molecule has 1 fully saturated rings. The number of aryl methyl sites for hydroxylation is 1. The van der Waals surface area contributed by atoms with Crippen molar-refractivity contribution in [1.82, 2.24) is 15.2 Å². The fourth-order valence-electron chi connectivity index (χ4n) is 2.90. The summed E-state index contributed by atoms with van der Waals surface area (Å²) >= 11 is 0. The van der Waals surface area contributed by atoms with Gasteiger partial charge in [0.1, 0.15) is 0 Å². The van der Waals surface area contributed by atoms with E-state index in [-0.39, 0.29) is 18.4 Å². The van der Waals surface area contributed by atoms with Crippen molar-refractivity contribution in [2.45, 2.75) is 19.8 Å². The summed E-state index contributed by atoms with van der Waals surface area (Å²) in [6.07, 6.45) is 2.09. The van der Waals surface area contributed by atoms with Crippen LogP contribution in [0, 0.1) is 6.92 Å². The number of amides is 2. The van der Waals surface area contributed by atoms with E-state index in [1.807, 2.05) is 43.3 Å². The van der Waals surface area contributed by atoms with Crippen LogP contribution < -0.4 is 5.32 Å². The second kappa shape index (κ2) is 7.25. The highest BCUT2D eigenvalue weighted by Crippen LogP contribution is 2.18. The maximum absolute atomic E-state index is 12.3. The van der Waals surface area contributed by atoms with Gasteiger partial charge in [-0.25, -0.2) is 0 Å². The highest BCUT2D eigenvalue weighted by Gasteiger charge is 2.19. The van der Waals surface area contributed by atoms with Gasteiger partial charge in [-0.1, -0.05) is 30.3 Å². The van der Waals surface area contributed by atoms with E-state index in [1.165, 1.54) is 0 Å². The molecule has 0 saturated carbocycles. The summed E-state index contributed by atoms with van der Waals surface area (Å²) in [5.74, 6) is -0.278. The lowest BCUT2D eigenvalue weighted by atomic mass is 10.1. The van der Waals surface area contributed by atoms with Crippen molar-refractivity contribution in [3.8, 4) is 11.3 Å². The average molecular weight is 323 g/mol.